The second-order valence-corrected chi connectivity index (χ2v) is 15.5. The predicted molar refractivity (Wildman–Crippen MR) is 227 cm³/mol. The molecule has 0 aromatic heterocycles. The molecule has 0 aliphatic carbocycles. The van der Waals surface area contributed by atoms with Crippen LogP contribution in [0.5, 0.6) is 34.5 Å². The molecule has 0 heterocycles. The van der Waals surface area contributed by atoms with Crippen molar-refractivity contribution in [2.45, 2.75) is 27.0 Å². The summed E-state index contributed by atoms with van der Waals surface area (Å²) in [6.07, 6.45) is -8.89. The molecule has 8 aromatic carbocycles. The third-order valence-electron chi connectivity index (χ3n) is 9.20. The summed E-state index contributed by atoms with van der Waals surface area (Å²) in [5, 5.41) is 12.4. The fourth-order valence-electron chi connectivity index (χ4n) is 6.29. The molecule has 0 bridgehead atoms. The number of carboxylic acid groups (broad SMARTS) is 1. The van der Waals surface area contributed by atoms with Gasteiger partial charge in [-0.15, -0.1) is 0 Å². The summed E-state index contributed by atoms with van der Waals surface area (Å²) in [5.41, 5.74) is -0.665. The number of rotatable bonds is 11. The third kappa shape index (κ3) is 11.1. The van der Waals surface area contributed by atoms with Crippen LogP contribution in [-0.2, 0) is 23.2 Å². The van der Waals surface area contributed by atoms with E-state index in [1.54, 1.807) is 66.7 Å². The first-order valence-corrected chi connectivity index (χ1v) is 20.4. The van der Waals surface area contributed by atoms with Gasteiger partial charge in [0.25, 0.3) is 0 Å². The predicted octanol–water partition coefficient (Wildman–Crippen LogP) is 13.9. The Hall–Kier alpha value is -7.44. The van der Waals surface area contributed by atoms with Crippen molar-refractivity contribution in [3.05, 3.63) is 223 Å². The van der Waals surface area contributed by atoms with Crippen molar-refractivity contribution in [2.75, 3.05) is 0 Å². The highest BCUT2D eigenvalue weighted by Gasteiger charge is 2.35. The second-order valence-electron chi connectivity index (χ2n) is 13.5. The van der Waals surface area contributed by atoms with Crippen LogP contribution in [0.2, 0.25) is 0 Å². The van der Waals surface area contributed by atoms with Crippen LogP contribution in [0, 0.1) is 0 Å². The highest BCUT2D eigenvalue weighted by atomic mass is 32.2. The van der Waals surface area contributed by atoms with E-state index in [1.165, 1.54) is 30.3 Å². The molecule has 0 atom stereocenters. The van der Waals surface area contributed by atoms with Crippen LogP contribution >= 0.6 is 0 Å². The van der Waals surface area contributed by atoms with E-state index in [-0.39, 0.29) is 22.8 Å². The number of carbonyl (C=O) groups excluding carboxylic acids is 1. The standard InChI is InChI=1S/C31H22O5.C20H13F6S/c32-31(33)26-21-27(34-23-15-7-2-8-16-23)29(35-24-17-9-3-10-18-24)30(36-25-19-11-4-12-20-25)28(26)22-13-5-1-6-14-22;21-19(22,23)14-6-10-17(11-7-14)27(16-4-2-1-3-5-16)18-12-8-15(9-13-18)20(24,25)26/h1-21H,(H,32,33);1-13H/q;+1/p-1. The van der Waals surface area contributed by atoms with Gasteiger partial charge < -0.3 is 24.1 Å². The van der Waals surface area contributed by atoms with Gasteiger partial charge in [0.2, 0.25) is 5.75 Å². The van der Waals surface area contributed by atoms with Crippen LogP contribution in [0.25, 0.3) is 11.1 Å². The van der Waals surface area contributed by atoms with E-state index in [0.29, 0.717) is 38.2 Å². The summed E-state index contributed by atoms with van der Waals surface area (Å²) in [5.74, 6) is 0.799. The molecule has 12 heteroatoms. The zero-order valence-corrected chi connectivity index (χ0v) is 33.7. The third-order valence-corrected chi connectivity index (χ3v) is 11.4. The highest BCUT2D eigenvalue weighted by molar-refractivity contribution is 7.97. The fraction of sp³-hybridized carbons (Fsp3) is 0.0392. The van der Waals surface area contributed by atoms with E-state index in [1.807, 2.05) is 84.9 Å². The van der Waals surface area contributed by atoms with Gasteiger partial charge in [-0.05, 0) is 109 Å². The summed E-state index contributed by atoms with van der Waals surface area (Å²) < 4.78 is 95.7. The Morgan fingerprint density at radius 3 is 1.17 bits per heavy atom. The molecule has 0 amide bonds. The average Bonchev–Trinajstić information content (AvgIpc) is 3.29. The minimum Gasteiger partial charge on any atom is -0.545 e. The molecule has 8 aromatic rings. The lowest BCUT2D eigenvalue weighted by molar-refractivity contribution is -0.255. The SMILES string of the molecule is FC(F)(F)c1ccc([S+](c2ccccc2)c2ccc(C(F)(F)F)cc2)cc1.O=C([O-])c1cc(Oc2ccccc2)c(Oc2ccccc2)c(Oc2ccccc2)c1-c1ccccc1. The summed E-state index contributed by atoms with van der Waals surface area (Å²) in [7, 11) is -0.819. The normalized spacial score (nSPS) is 11.3. The van der Waals surface area contributed by atoms with E-state index >= 15 is 0 Å². The van der Waals surface area contributed by atoms with Crippen LogP contribution in [0.15, 0.2) is 221 Å². The van der Waals surface area contributed by atoms with Crippen LogP contribution in [0.4, 0.5) is 26.3 Å². The van der Waals surface area contributed by atoms with Gasteiger partial charge in [0.05, 0.1) is 28.0 Å². The highest BCUT2D eigenvalue weighted by Crippen LogP contribution is 2.51. The topological polar surface area (TPSA) is 67.8 Å². The zero-order valence-electron chi connectivity index (χ0n) is 32.8. The van der Waals surface area contributed by atoms with Crippen molar-refractivity contribution in [3.8, 4) is 45.6 Å². The smallest absolute Gasteiger partial charge is 0.416 e. The van der Waals surface area contributed by atoms with E-state index in [4.69, 9.17) is 14.2 Å². The number of halogens is 6. The van der Waals surface area contributed by atoms with Crippen molar-refractivity contribution in [2.24, 2.45) is 0 Å². The molecule has 0 aliphatic heterocycles. The van der Waals surface area contributed by atoms with Crippen molar-refractivity contribution in [1.82, 2.24) is 0 Å². The molecule has 0 unspecified atom stereocenters. The number of para-hydroxylation sites is 3. The van der Waals surface area contributed by atoms with Crippen LogP contribution < -0.4 is 19.3 Å². The lowest BCUT2D eigenvalue weighted by Gasteiger charge is -2.23. The van der Waals surface area contributed by atoms with Gasteiger partial charge in [-0.25, -0.2) is 0 Å². The minimum atomic E-state index is -4.45. The van der Waals surface area contributed by atoms with E-state index < -0.39 is 40.3 Å². The molecule has 0 fully saturated rings. The quantitative estimate of drug-likeness (QED) is 0.0957. The molecule has 8 rings (SSSR count). The maximum Gasteiger partial charge on any atom is 0.416 e. The Morgan fingerprint density at radius 1 is 0.429 bits per heavy atom. The number of hydrogen-bond acceptors (Lipinski definition) is 5. The first kappa shape index (κ1) is 43.6. The van der Waals surface area contributed by atoms with Gasteiger partial charge in [-0.1, -0.05) is 103 Å². The zero-order chi connectivity index (χ0) is 44.4. The first-order valence-electron chi connectivity index (χ1n) is 19.2. The largest absolute Gasteiger partial charge is 0.545 e. The van der Waals surface area contributed by atoms with Crippen molar-refractivity contribution in [3.63, 3.8) is 0 Å². The second kappa shape index (κ2) is 19.5. The first-order chi connectivity index (χ1) is 30.3. The van der Waals surface area contributed by atoms with Gasteiger partial charge in [0, 0.05) is 11.1 Å². The van der Waals surface area contributed by atoms with Gasteiger partial charge in [-0.2, -0.15) is 26.3 Å². The van der Waals surface area contributed by atoms with Crippen molar-refractivity contribution < 1.29 is 50.5 Å². The maximum absolute atomic E-state index is 12.8. The monoisotopic (exact) mass is 872 g/mol. The number of hydrogen-bond donors (Lipinski definition) is 0. The lowest BCUT2D eigenvalue weighted by Crippen LogP contribution is -2.23. The molecule has 0 saturated carbocycles. The van der Waals surface area contributed by atoms with E-state index in [2.05, 4.69) is 0 Å². The number of carboxylic acids is 1. The summed E-state index contributed by atoms with van der Waals surface area (Å²) >= 11 is 0. The number of aromatic carboxylic acids is 1. The molecule has 5 nitrogen and oxygen atoms in total. The van der Waals surface area contributed by atoms with E-state index in [9.17, 15) is 36.2 Å². The average molecular weight is 873 g/mol. The van der Waals surface area contributed by atoms with Crippen LogP contribution in [-0.4, -0.2) is 5.97 Å². The van der Waals surface area contributed by atoms with Crippen LogP contribution in [0.3, 0.4) is 0 Å². The molecule has 0 aliphatic rings. The lowest BCUT2D eigenvalue weighted by atomic mass is 9.97. The van der Waals surface area contributed by atoms with Gasteiger partial charge in [0.1, 0.15) is 17.2 Å². The molecule has 316 valence electrons. The number of alkyl halides is 6. The molecule has 0 N–H and O–H groups in total. The number of benzene rings is 8. The summed E-state index contributed by atoms with van der Waals surface area (Å²) in [6, 6.07) is 56.3. The van der Waals surface area contributed by atoms with Gasteiger partial charge in [-0.3, -0.25) is 0 Å². The minimum absolute atomic E-state index is 0.0847. The summed E-state index contributed by atoms with van der Waals surface area (Å²) in [4.78, 5) is 14.4. The molecule has 0 spiro atoms. The Balaban J connectivity index is 0.000000197. The maximum atomic E-state index is 12.8. The van der Waals surface area contributed by atoms with Gasteiger partial charge >= 0.3 is 12.4 Å². The van der Waals surface area contributed by atoms with Gasteiger partial charge in [0.15, 0.2) is 26.2 Å². The molecular formula is C51H34F6O5S. The number of carbonyl (C=O) groups is 1. The molecule has 0 radical (unpaired) electrons. The Bertz CT molecular complexity index is 2660. The number of ether oxygens (including phenoxy) is 3. The van der Waals surface area contributed by atoms with Crippen molar-refractivity contribution >= 4 is 16.9 Å². The van der Waals surface area contributed by atoms with E-state index in [0.717, 1.165) is 29.2 Å². The fourth-order valence-corrected chi connectivity index (χ4v) is 8.35. The Kier molecular flexibility index (Phi) is 13.5. The Labute approximate surface area is 361 Å². The Morgan fingerprint density at radius 2 is 0.778 bits per heavy atom. The summed E-state index contributed by atoms with van der Waals surface area (Å²) in [6.45, 7) is 0. The van der Waals surface area contributed by atoms with Crippen molar-refractivity contribution in [1.29, 1.82) is 0 Å². The molecular weight excluding hydrogens is 839 g/mol. The van der Waals surface area contributed by atoms with Crippen LogP contribution in [0.1, 0.15) is 21.5 Å². The molecule has 0 saturated heterocycles. The molecule has 63 heavy (non-hydrogen) atoms.